The maximum Gasteiger partial charge on any atom is 0.407 e. The summed E-state index contributed by atoms with van der Waals surface area (Å²) in [5.74, 6) is -1.34. The standard InChI is InChI=1S/C26H30N2O6/c1-2-17(11-12-24(29)28-13-14-33-16-23(28)25(30)31)27-26(32)34-15-22-20-9-5-3-7-18(20)19-8-4-6-10-21(19)22/h3-10,17,22-23H,2,11-16H2,1H3,(H,27,32)(H,30,31). The number of nitrogens with one attached hydrogen (secondary N) is 1. The first-order valence-corrected chi connectivity index (χ1v) is 11.7. The summed E-state index contributed by atoms with van der Waals surface area (Å²) in [6.45, 7) is 2.73. The van der Waals surface area contributed by atoms with Gasteiger partial charge in [-0.1, -0.05) is 55.5 Å². The first-order valence-electron chi connectivity index (χ1n) is 11.7. The molecule has 1 heterocycles. The Morgan fingerprint density at radius 2 is 1.76 bits per heavy atom. The van der Waals surface area contributed by atoms with E-state index in [2.05, 4.69) is 29.6 Å². The Morgan fingerprint density at radius 1 is 1.12 bits per heavy atom. The fraction of sp³-hybridized carbons (Fsp3) is 0.423. The number of morpholine rings is 1. The average Bonchev–Trinajstić information content (AvgIpc) is 3.18. The maximum absolute atomic E-state index is 12.6. The molecule has 34 heavy (non-hydrogen) atoms. The third-order valence-corrected chi connectivity index (χ3v) is 6.60. The Balaban J connectivity index is 1.30. The number of amides is 2. The number of fused-ring (bicyclic) bond motifs is 3. The van der Waals surface area contributed by atoms with Crippen LogP contribution in [-0.4, -0.2) is 66.4 Å². The van der Waals surface area contributed by atoms with Crippen molar-refractivity contribution in [2.75, 3.05) is 26.4 Å². The largest absolute Gasteiger partial charge is 0.480 e. The highest BCUT2D eigenvalue weighted by atomic mass is 16.5. The smallest absolute Gasteiger partial charge is 0.407 e. The molecule has 180 valence electrons. The van der Waals surface area contributed by atoms with Gasteiger partial charge >= 0.3 is 12.1 Å². The molecule has 1 aliphatic heterocycles. The number of hydrogen-bond acceptors (Lipinski definition) is 5. The van der Waals surface area contributed by atoms with E-state index in [1.807, 2.05) is 31.2 Å². The summed E-state index contributed by atoms with van der Waals surface area (Å²) in [6, 6.07) is 15.1. The number of carboxylic acid groups (broad SMARTS) is 1. The van der Waals surface area contributed by atoms with Crippen LogP contribution in [-0.2, 0) is 19.1 Å². The van der Waals surface area contributed by atoms with E-state index in [4.69, 9.17) is 9.47 Å². The summed E-state index contributed by atoms with van der Waals surface area (Å²) in [5, 5.41) is 12.2. The lowest BCUT2D eigenvalue weighted by Gasteiger charge is -2.33. The van der Waals surface area contributed by atoms with Gasteiger partial charge in [0.05, 0.1) is 13.2 Å². The van der Waals surface area contributed by atoms with Crippen molar-refractivity contribution in [2.24, 2.45) is 0 Å². The SMILES string of the molecule is CCC(CCC(=O)N1CCOCC1C(=O)O)NC(=O)OCC1c2ccccc2-c2ccccc21. The van der Waals surface area contributed by atoms with E-state index >= 15 is 0 Å². The van der Waals surface area contributed by atoms with E-state index in [9.17, 15) is 19.5 Å². The molecule has 2 aliphatic rings. The highest BCUT2D eigenvalue weighted by molar-refractivity contribution is 5.84. The maximum atomic E-state index is 12.6. The number of hydrogen-bond donors (Lipinski definition) is 2. The van der Waals surface area contributed by atoms with Gasteiger partial charge in [-0.25, -0.2) is 9.59 Å². The van der Waals surface area contributed by atoms with Crippen LogP contribution in [0.1, 0.15) is 43.2 Å². The monoisotopic (exact) mass is 466 g/mol. The molecule has 2 aromatic rings. The molecular formula is C26H30N2O6. The summed E-state index contributed by atoms with van der Waals surface area (Å²) in [7, 11) is 0. The zero-order valence-corrected chi connectivity index (χ0v) is 19.2. The van der Waals surface area contributed by atoms with E-state index < -0.39 is 18.1 Å². The van der Waals surface area contributed by atoms with Crippen molar-refractivity contribution in [3.05, 3.63) is 59.7 Å². The Kier molecular flexibility index (Phi) is 7.47. The minimum atomic E-state index is -1.07. The quantitative estimate of drug-likeness (QED) is 0.618. The molecule has 8 heteroatoms. The average molecular weight is 467 g/mol. The molecule has 2 atom stereocenters. The van der Waals surface area contributed by atoms with Crippen molar-refractivity contribution >= 4 is 18.0 Å². The topological polar surface area (TPSA) is 105 Å². The summed E-state index contributed by atoms with van der Waals surface area (Å²) in [4.78, 5) is 37.9. The number of carboxylic acids is 1. The molecule has 2 aromatic carbocycles. The van der Waals surface area contributed by atoms with E-state index in [0.717, 1.165) is 11.1 Å². The van der Waals surface area contributed by atoms with Crippen LogP contribution in [0.25, 0.3) is 11.1 Å². The molecule has 0 spiro atoms. The lowest BCUT2D eigenvalue weighted by atomic mass is 9.98. The lowest BCUT2D eigenvalue weighted by molar-refractivity contribution is -0.158. The Morgan fingerprint density at radius 3 is 2.38 bits per heavy atom. The van der Waals surface area contributed by atoms with Crippen molar-refractivity contribution < 1.29 is 29.0 Å². The van der Waals surface area contributed by atoms with Crippen molar-refractivity contribution in [1.29, 1.82) is 0 Å². The summed E-state index contributed by atoms with van der Waals surface area (Å²) in [5.41, 5.74) is 4.62. The number of rotatable bonds is 8. The minimum Gasteiger partial charge on any atom is -0.480 e. The van der Waals surface area contributed by atoms with Crippen LogP contribution in [0.5, 0.6) is 0 Å². The van der Waals surface area contributed by atoms with E-state index in [-0.39, 0.29) is 44.0 Å². The van der Waals surface area contributed by atoms with Gasteiger partial charge in [0.1, 0.15) is 6.61 Å². The van der Waals surface area contributed by atoms with Crippen LogP contribution < -0.4 is 5.32 Å². The number of benzene rings is 2. The molecule has 0 radical (unpaired) electrons. The van der Waals surface area contributed by atoms with Crippen LogP contribution in [0, 0.1) is 0 Å². The first-order chi connectivity index (χ1) is 16.5. The molecule has 0 saturated carbocycles. The number of nitrogens with zero attached hydrogens (tertiary/aromatic N) is 1. The molecule has 0 aromatic heterocycles. The molecule has 1 fully saturated rings. The van der Waals surface area contributed by atoms with Crippen LogP contribution in [0.15, 0.2) is 48.5 Å². The predicted molar refractivity (Wildman–Crippen MR) is 125 cm³/mol. The number of carbonyl (C=O) groups excluding carboxylic acids is 2. The van der Waals surface area contributed by atoms with Gasteiger partial charge in [0.25, 0.3) is 0 Å². The van der Waals surface area contributed by atoms with Gasteiger partial charge < -0.3 is 24.8 Å². The zero-order valence-electron chi connectivity index (χ0n) is 19.2. The van der Waals surface area contributed by atoms with Gasteiger partial charge in [-0.15, -0.1) is 0 Å². The molecule has 0 bridgehead atoms. The van der Waals surface area contributed by atoms with Crippen molar-refractivity contribution in [2.45, 2.75) is 44.2 Å². The molecule has 1 aliphatic carbocycles. The predicted octanol–water partition coefficient (Wildman–Crippen LogP) is 3.40. The van der Waals surface area contributed by atoms with Gasteiger partial charge in [0.2, 0.25) is 5.91 Å². The van der Waals surface area contributed by atoms with Gasteiger partial charge in [-0.05, 0) is 35.1 Å². The normalized spacial score (nSPS) is 18.0. The van der Waals surface area contributed by atoms with Crippen LogP contribution in [0.2, 0.25) is 0 Å². The molecule has 8 nitrogen and oxygen atoms in total. The first kappa shape index (κ1) is 23.8. The Hall–Kier alpha value is -3.39. The zero-order chi connectivity index (χ0) is 24.1. The second-order valence-corrected chi connectivity index (χ2v) is 8.63. The molecule has 2 amide bonds. The molecule has 2 N–H and O–H groups in total. The highest BCUT2D eigenvalue weighted by Crippen LogP contribution is 2.44. The van der Waals surface area contributed by atoms with E-state index in [0.29, 0.717) is 19.4 Å². The Labute approximate surface area is 198 Å². The fourth-order valence-corrected chi connectivity index (χ4v) is 4.73. The number of carbonyl (C=O) groups is 3. The summed E-state index contributed by atoms with van der Waals surface area (Å²) >= 11 is 0. The number of ether oxygens (including phenoxy) is 2. The van der Waals surface area contributed by atoms with Gasteiger partial charge in [0.15, 0.2) is 6.04 Å². The van der Waals surface area contributed by atoms with Crippen molar-refractivity contribution in [1.82, 2.24) is 10.2 Å². The highest BCUT2D eigenvalue weighted by Gasteiger charge is 2.33. The molecular weight excluding hydrogens is 436 g/mol. The number of aliphatic carboxylic acids is 1. The van der Waals surface area contributed by atoms with Crippen LogP contribution in [0.4, 0.5) is 4.79 Å². The van der Waals surface area contributed by atoms with Gasteiger partial charge in [0, 0.05) is 24.9 Å². The van der Waals surface area contributed by atoms with E-state index in [1.54, 1.807) is 0 Å². The third kappa shape index (κ3) is 5.07. The van der Waals surface area contributed by atoms with E-state index in [1.165, 1.54) is 16.0 Å². The second-order valence-electron chi connectivity index (χ2n) is 8.63. The minimum absolute atomic E-state index is 0.00369. The van der Waals surface area contributed by atoms with Gasteiger partial charge in [-0.3, -0.25) is 4.79 Å². The van der Waals surface area contributed by atoms with Gasteiger partial charge in [-0.2, -0.15) is 0 Å². The lowest BCUT2D eigenvalue weighted by Crippen LogP contribution is -2.52. The van der Waals surface area contributed by atoms with Crippen LogP contribution in [0.3, 0.4) is 0 Å². The third-order valence-electron chi connectivity index (χ3n) is 6.60. The van der Waals surface area contributed by atoms with Crippen LogP contribution >= 0.6 is 0 Å². The summed E-state index contributed by atoms with van der Waals surface area (Å²) in [6.07, 6.45) is 0.661. The second kappa shape index (κ2) is 10.7. The summed E-state index contributed by atoms with van der Waals surface area (Å²) < 4.78 is 10.8. The molecule has 1 saturated heterocycles. The fourth-order valence-electron chi connectivity index (χ4n) is 4.73. The molecule has 2 unspecified atom stereocenters. The van der Waals surface area contributed by atoms with Crippen molar-refractivity contribution in [3.63, 3.8) is 0 Å². The van der Waals surface area contributed by atoms with Crippen molar-refractivity contribution in [3.8, 4) is 11.1 Å². The number of alkyl carbamates (subject to hydrolysis) is 1. The Bertz CT molecular complexity index is 1010. The molecule has 4 rings (SSSR count).